The van der Waals surface area contributed by atoms with E-state index in [4.69, 9.17) is 6.48 Å². The molecule has 4 aromatic heterocycles. The number of hydrogen-bond acceptors (Lipinski definition) is 3. The van der Waals surface area contributed by atoms with Crippen LogP contribution in [-0.4, -0.2) is 38.4 Å². The lowest BCUT2D eigenvalue weighted by Crippen LogP contribution is -1.99. The fourth-order valence-electron chi connectivity index (χ4n) is 2.32. The largest absolute Gasteiger partial charge is 0.395 e. The lowest BCUT2D eigenvalue weighted by molar-refractivity contribution is 0.278. The number of aliphatic hydroxyl groups is 1. The van der Waals surface area contributed by atoms with E-state index in [9.17, 15) is 4.39 Å². The maximum absolute atomic E-state index is 9.96. The first kappa shape index (κ1) is 18.5. The van der Waals surface area contributed by atoms with Crippen LogP contribution in [0, 0.1) is 7.14 Å². The van der Waals surface area contributed by atoms with Gasteiger partial charge in [0.2, 0.25) is 0 Å². The van der Waals surface area contributed by atoms with Crippen LogP contribution in [0.5, 0.6) is 0 Å². The number of nitrogens with zero attached hydrogens (tertiary/aromatic N) is 3. The van der Waals surface area contributed by atoms with Crippen LogP contribution in [0.1, 0.15) is 1.37 Å². The standard InChI is InChI=1S/C9H9IN2O.C7H5IN2.CH3F/c10-8-6-12(3-4-13)9-5-11-2-1-7(8)9;8-6-3-10-7-4-9-2-1-5(6)7;1-2/h1-2,5-6,13H,3-4H2;1-4,10H;1H3/i;;1D. The summed E-state index contributed by atoms with van der Waals surface area (Å²) in [6, 6.07) is 4.00. The SMILES string of the molecule is Ic1c[nH]c2cnccc12.OCCn1cc(I)c2ccncc21.[2H]CF. The van der Waals surface area contributed by atoms with Gasteiger partial charge in [-0.3, -0.25) is 14.4 Å². The summed E-state index contributed by atoms with van der Waals surface area (Å²) in [7, 11) is -1.00. The lowest BCUT2D eigenvalue weighted by atomic mass is 10.3. The molecule has 0 amide bonds. The summed E-state index contributed by atoms with van der Waals surface area (Å²) in [5.41, 5.74) is 2.19. The zero-order valence-corrected chi connectivity index (χ0v) is 17.5. The van der Waals surface area contributed by atoms with E-state index >= 15 is 0 Å². The van der Waals surface area contributed by atoms with E-state index < -0.39 is 7.15 Å². The Hall–Kier alpha value is -1.27. The van der Waals surface area contributed by atoms with E-state index in [0.29, 0.717) is 6.54 Å². The van der Waals surface area contributed by atoms with Gasteiger partial charge in [0.1, 0.15) is 0 Å². The number of H-pyrrole nitrogens is 1. The average Bonchev–Trinajstić information content (AvgIpc) is 3.18. The van der Waals surface area contributed by atoms with Gasteiger partial charge in [-0.15, -0.1) is 0 Å². The van der Waals surface area contributed by atoms with Crippen LogP contribution in [0.2, 0.25) is 0 Å². The molecule has 8 heteroatoms. The number of alkyl halides is 1. The van der Waals surface area contributed by atoms with E-state index in [1.165, 1.54) is 17.9 Å². The number of aromatic amines is 1. The Balaban J connectivity index is 0.000000167. The summed E-state index contributed by atoms with van der Waals surface area (Å²) < 4.78 is 20.0. The molecule has 0 aliphatic heterocycles. The predicted molar refractivity (Wildman–Crippen MR) is 115 cm³/mol. The molecule has 25 heavy (non-hydrogen) atoms. The van der Waals surface area contributed by atoms with Crippen molar-refractivity contribution in [2.24, 2.45) is 0 Å². The number of aliphatic hydroxyl groups excluding tert-OH is 1. The van der Waals surface area contributed by atoms with Crippen molar-refractivity contribution in [1.82, 2.24) is 19.5 Å². The molecule has 0 radical (unpaired) electrons. The fraction of sp³-hybridized carbons (Fsp3) is 0.176. The van der Waals surface area contributed by atoms with Crippen LogP contribution in [0.25, 0.3) is 21.8 Å². The lowest BCUT2D eigenvalue weighted by Gasteiger charge is -1.99. The summed E-state index contributed by atoms with van der Waals surface area (Å²) in [5, 5.41) is 11.3. The molecule has 5 nitrogen and oxygen atoms in total. The number of nitrogens with one attached hydrogen (secondary N) is 1. The molecule has 0 spiro atoms. The molecule has 4 heterocycles. The van der Waals surface area contributed by atoms with Gasteiger partial charge in [-0.05, 0) is 57.3 Å². The van der Waals surface area contributed by atoms with Gasteiger partial charge in [-0.1, -0.05) is 0 Å². The summed E-state index contributed by atoms with van der Waals surface area (Å²) in [5.74, 6) is 0. The fourth-order valence-corrected chi connectivity index (χ4v) is 3.74. The minimum atomic E-state index is -1.00. The monoisotopic (exact) mass is 567 g/mol. The maximum Gasteiger partial charge on any atom is 0.0785 e. The molecule has 132 valence electrons. The summed E-state index contributed by atoms with van der Waals surface area (Å²) >= 11 is 4.58. The van der Waals surface area contributed by atoms with Gasteiger partial charge in [-0.2, -0.15) is 0 Å². The van der Waals surface area contributed by atoms with Crippen molar-refractivity contribution in [3.63, 3.8) is 0 Å². The van der Waals surface area contributed by atoms with Crippen LogP contribution >= 0.6 is 45.2 Å². The van der Waals surface area contributed by atoms with Crippen molar-refractivity contribution < 1.29 is 10.9 Å². The van der Waals surface area contributed by atoms with Crippen LogP contribution in [0.3, 0.4) is 0 Å². The van der Waals surface area contributed by atoms with Crippen LogP contribution in [0.15, 0.2) is 49.3 Å². The summed E-state index contributed by atoms with van der Waals surface area (Å²) in [6.07, 6.45) is 11.3. The zero-order valence-electron chi connectivity index (χ0n) is 14.2. The van der Waals surface area contributed by atoms with Crippen molar-refractivity contribution in [2.45, 2.75) is 6.54 Å². The molecule has 0 saturated heterocycles. The highest BCUT2D eigenvalue weighted by Crippen LogP contribution is 2.21. The molecule has 4 rings (SSSR count). The van der Waals surface area contributed by atoms with Crippen molar-refractivity contribution >= 4 is 67.0 Å². The minimum Gasteiger partial charge on any atom is -0.395 e. The van der Waals surface area contributed by atoms with E-state index in [0.717, 1.165) is 11.0 Å². The predicted octanol–water partition coefficient (Wildman–Crippen LogP) is 4.39. The van der Waals surface area contributed by atoms with E-state index in [2.05, 4.69) is 60.1 Å². The van der Waals surface area contributed by atoms with Gasteiger partial charge < -0.3 is 14.7 Å². The Kier molecular flexibility index (Phi) is 7.42. The highest BCUT2D eigenvalue weighted by atomic mass is 127. The third-order valence-electron chi connectivity index (χ3n) is 3.41. The van der Waals surface area contributed by atoms with Crippen molar-refractivity contribution in [1.29, 1.82) is 0 Å². The van der Waals surface area contributed by atoms with Crippen LogP contribution in [-0.2, 0) is 6.54 Å². The topological polar surface area (TPSA) is 66.7 Å². The van der Waals surface area contributed by atoms with Crippen molar-refractivity contribution in [3.05, 3.63) is 56.5 Å². The van der Waals surface area contributed by atoms with E-state index in [-0.39, 0.29) is 6.61 Å². The molecule has 2 N–H and O–H groups in total. The Morgan fingerprint density at radius 3 is 2.56 bits per heavy atom. The number of fused-ring (bicyclic) bond motifs is 2. The minimum absolute atomic E-state index is 0.161. The Labute approximate surface area is 173 Å². The molecular formula is C17H17FI2N4O. The molecule has 0 atom stereocenters. The van der Waals surface area contributed by atoms with Gasteiger partial charge in [0, 0.05) is 49.2 Å². The van der Waals surface area contributed by atoms with Gasteiger partial charge >= 0.3 is 0 Å². The van der Waals surface area contributed by atoms with Gasteiger partial charge in [0.15, 0.2) is 0 Å². The third-order valence-corrected chi connectivity index (χ3v) is 5.16. The van der Waals surface area contributed by atoms with Gasteiger partial charge in [0.25, 0.3) is 0 Å². The third kappa shape index (κ3) is 4.88. The first-order chi connectivity index (χ1) is 12.6. The average molecular weight is 567 g/mol. The number of halogens is 3. The van der Waals surface area contributed by atoms with Crippen molar-refractivity contribution in [2.75, 3.05) is 13.8 Å². The second kappa shape index (κ2) is 10.0. The second-order valence-electron chi connectivity index (χ2n) is 4.84. The number of rotatable bonds is 2. The zero-order chi connectivity index (χ0) is 18.9. The molecular weight excluding hydrogens is 549 g/mol. The normalized spacial score (nSPS) is 10.6. The van der Waals surface area contributed by atoms with E-state index in [1.807, 2.05) is 41.5 Å². The van der Waals surface area contributed by atoms with Crippen molar-refractivity contribution in [3.8, 4) is 0 Å². The van der Waals surface area contributed by atoms with Crippen LogP contribution < -0.4 is 0 Å². The molecule has 0 bridgehead atoms. The molecule has 0 fully saturated rings. The summed E-state index contributed by atoms with van der Waals surface area (Å²) in [4.78, 5) is 11.2. The quantitative estimate of drug-likeness (QED) is 0.354. The second-order valence-corrected chi connectivity index (χ2v) is 7.17. The highest BCUT2D eigenvalue weighted by Gasteiger charge is 2.04. The molecule has 0 unspecified atom stereocenters. The Morgan fingerprint density at radius 2 is 1.88 bits per heavy atom. The number of aromatic nitrogens is 4. The van der Waals surface area contributed by atoms with Crippen LogP contribution in [0.4, 0.5) is 4.39 Å². The maximum atomic E-state index is 9.96. The molecule has 0 saturated carbocycles. The molecule has 0 aliphatic rings. The first-order valence-electron chi connectivity index (χ1n) is 7.94. The Morgan fingerprint density at radius 1 is 1.20 bits per heavy atom. The smallest absolute Gasteiger partial charge is 0.0785 e. The highest BCUT2D eigenvalue weighted by molar-refractivity contribution is 14.1. The summed E-state index contributed by atoms with van der Waals surface area (Å²) in [6.45, 7) is 0.792. The molecule has 0 aromatic carbocycles. The Bertz CT molecular complexity index is 960. The van der Waals surface area contributed by atoms with E-state index in [1.54, 1.807) is 12.4 Å². The van der Waals surface area contributed by atoms with Gasteiger partial charge in [0.05, 0.1) is 38.6 Å². The van der Waals surface area contributed by atoms with Gasteiger partial charge in [-0.25, -0.2) is 0 Å². The number of pyridine rings is 2. The molecule has 4 aromatic rings. The number of hydrogen-bond donors (Lipinski definition) is 2. The molecule has 0 aliphatic carbocycles. The first-order valence-corrected chi connectivity index (χ1v) is 9.39.